The predicted octanol–water partition coefficient (Wildman–Crippen LogP) is 3.05. The lowest BCUT2D eigenvalue weighted by atomic mass is 10.0. The van der Waals surface area contributed by atoms with Crippen LogP contribution in [-0.4, -0.2) is 21.6 Å². The number of nitrogens with zero attached hydrogens (tertiary/aromatic N) is 3. The molecule has 108 valence electrons. The number of aryl methyl sites for hydroxylation is 1. The number of hydrogen-bond acceptors (Lipinski definition) is 4. The van der Waals surface area contributed by atoms with E-state index in [-0.39, 0.29) is 6.04 Å². The largest absolute Gasteiger partial charge is 0.332 e. The van der Waals surface area contributed by atoms with Gasteiger partial charge in [-0.3, -0.25) is 0 Å². The first-order chi connectivity index (χ1) is 10.3. The molecule has 0 radical (unpaired) electrons. The summed E-state index contributed by atoms with van der Waals surface area (Å²) in [5.74, 6) is 0. The van der Waals surface area contributed by atoms with Gasteiger partial charge in [0.2, 0.25) is 0 Å². The molecule has 1 N–H and O–H groups in total. The lowest BCUT2D eigenvalue weighted by Gasteiger charge is -2.15. The van der Waals surface area contributed by atoms with Crippen molar-refractivity contribution < 1.29 is 0 Å². The van der Waals surface area contributed by atoms with Crippen LogP contribution in [0.25, 0.3) is 10.7 Å². The number of rotatable bonds is 5. The van der Waals surface area contributed by atoms with Gasteiger partial charge < -0.3 is 9.88 Å². The van der Waals surface area contributed by atoms with Crippen LogP contribution in [0.4, 0.5) is 0 Å². The number of aromatic nitrogens is 3. The van der Waals surface area contributed by atoms with Crippen LogP contribution in [0.1, 0.15) is 17.3 Å². The minimum absolute atomic E-state index is 0.285. The zero-order valence-electron chi connectivity index (χ0n) is 12.2. The second kappa shape index (κ2) is 6.20. The molecule has 0 saturated heterocycles. The fraction of sp³-hybridized carbons (Fsp3) is 0.250. The molecule has 4 nitrogen and oxygen atoms in total. The van der Waals surface area contributed by atoms with Crippen LogP contribution in [0.15, 0.2) is 48.2 Å². The molecule has 0 fully saturated rings. The van der Waals surface area contributed by atoms with Crippen LogP contribution in [0.2, 0.25) is 0 Å². The van der Waals surface area contributed by atoms with Crippen LogP contribution in [0.3, 0.4) is 0 Å². The van der Waals surface area contributed by atoms with E-state index in [1.807, 2.05) is 30.9 Å². The second-order valence-corrected chi connectivity index (χ2v) is 5.85. The molecule has 0 aliphatic heterocycles. The van der Waals surface area contributed by atoms with E-state index in [2.05, 4.69) is 39.9 Å². The maximum Gasteiger partial charge on any atom is 0.141 e. The Morgan fingerprint density at radius 3 is 2.76 bits per heavy atom. The molecule has 21 heavy (non-hydrogen) atoms. The Kier molecular flexibility index (Phi) is 4.13. The summed E-state index contributed by atoms with van der Waals surface area (Å²) in [6.45, 7) is 0. The van der Waals surface area contributed by atoms with Crippen molar-refractivity contribution in [1.82, 2.24) is 19.9 Å². The molecule has 3 aromatic rings. The third kappa shape index (κ3) is 3.04. The van der Waals surface area contributed by atoms with Crippen molar-refractivity contribution >= 4 is 11.3 Å². The molecule has 1 aromatic carbocycles. The van der Waals surface area contributed by atoms with Crippen molar-refractivity contribution in [2.45, 2.75) is 12.5 Å². The number of hydrogen-bond donors (Lipinski definition) is 1. The van der Waals surface area contributed by atoms with Crippen LogP contribution in [0, 0.1) is 0 Å². The summed E-state index contributed by atoms with van der Waals surface area (Å²) in [5, 5.41) is 6.53. The number of benzene rings is 1. The maximum atomic E-state index is 4.74. The molecular weight excluding hydrogens is 280 g/mol. The van der Waals surface area contributed by atoms with E-state index >= 15 is 0 Å². The smallest absolute Gasteiger partial charge is 0.141 e. The molecule has 1 unspecified atom stereocenters. The molecular formula is C16H18N4S. The van der Waals surface area contributed by atoms with Gasteiger partial charge in [-0.25, -0.2) is 9.97 Å². The van der Waals surface area contributed by atoms with E-state index in [0.717, 1.165) is 22.8 Å². The van der Waals surface area contributed by atoms with Gasteiger partial charge in [0.25, 0.3) is 0 Å². The van der Waals surface area contributed by atoms with E-state index < -0.39 is 0 Å². The Labute approximate surface area is 128 Å². The van der Waals surface area contributed by atoms with Crippen LogP contribution in [0.5, 0.6) is 0 Å². The molecule has 2 aromatic heterocycles. The van der Waals surface area contributed by atoms with E-state index in [9.17, 15) is 0 Å². The van der Waals surface area contributed by atoms with Crippen molar-refractivity contribution in [3.63, 3.8) is 0 Å². The van der Waals surface area contributed by atoms with Crippen LogP contribution in [-0.2, 0) is 13.5 Å². The van der Waals surface area contributed by atoms with Crippen LogP contribution >= 0.6 is 11.3 Å². The minimum atomic E-state index is 0.285. The SMILES string of the molecule is CNC(Cc1csc(-c2cncn2C)n1)c1ccccc1. The van der Waals surface area contributed by atoms with E-state index in [1.54, 1.807) is 17.7 Å². The van der Waals surface area contributed by atoms with Gasteiger partial charge in [-0.05, 0) is 12.6 Å². The molecule has 0 saturated carbocycles. The van der Waals surface area contributed by atoms with Crippen molar-refractivity contribution in [3.05, 3.63) is 59.5 Å². The summed E-state index contributed by atoms with van der Waals surface area (Å²) < 4.78 is 2.00. The Morgan fingerprint density at radius 2 is 2.10 bits per heavy atom. The van der Waals surface area contributed by atoms with Crippen molar-refractivity contribution in [3.8, 4) is 10.7 Å². The van der Waals surface area contributed by atoms with Gasteiger partial charge in [0, 0.05) is 24.9 Å². The fourth-order valence-corrected chi connectivity index (χ4v) is 3.25. The van der Waals surface area contributed by atoms with Gasteiger partial charge in [0.05, 0.1) is 23.9 Å². The molecule has 0 aliphatic rings. The molecule has 1 atom stereocenters. The Morgan fingerprint density at radius 1 is 1.29 bits per heavy atom. The van der Waals surface area contributed by atoms with Gasteiger partial charge >= 0.3 is 0 Å². The first-order valence-corrected chi connectivity index (χ1v) is 7.79. The highest BCUT2D eigenvalue weighted by molar-refractivity contribution is 7.13. The standard InChI is InChI=1S/C16H18N4S/c1-17-14(12-6-4-3-5-7-12)8-13-10-21-16(19-13)15-9-18-11-20(15)2/h3-7,9-11,14,17H,8H2,1-2H3. The zero-order valence-corrected chi connectivity index (χ0v) is 13.0. The normalized spacial score (nSPS) is 12.5. The minimum Gasteiger partial charge on any atom is -0.332 e. The third-order valence-corrected chi connectivity index (χ3v) is 4.46. The summed E-state index contributed by atoms with van der Waals surface area (Å²) in [6.07, 6.45) is 4.54. The lowest BCUT2D eigenvalue weighted by molar-refractivity contribution is 0.586. The van der Waals surface area contributed by atoms with Crippen LogP contribution < -0.4 is 5.32 Å². The molecule has 0 amide bonds. The third-order valence-electron chi connectivity index (χ3n) is 3.55. The molecule has 2 heterocycles. The van der Waals surface area contributed by atoms with Gasteiger partial charge in [-0.1, -0.05) is 30.3 Å². The summed E-state index contributed by atoms with van der Waals surface area (Å²) in [5.41, 5.74) is 3.46. The first kappa shape index (κ1) is 14.0. The summed E-state index contributed by atoms with van der Waals surface area (Å²) >= 11 is 1.67. The predicted molar refractivity (Wildman–Crippen MR) is 86.3 cm³/mol. The van der Waals surface area contributed by atoms with Gasteiger partial charge in [0.1, 0.15) is 5.01 Å². The van der Waals surface area contributed by atoms with Gasteiger partial charge in [-0.2, -0.15) is 0 Å². The number of likely N-dealkylation sites (N-methyl/N-ethyl adjacent to an activating group) is 1. The number of imidazole rings is 1. The van der Waals surface area contributed by atoms with Crippen molar-refractivity contribution in [2.24, 2.45) is 7.05 Å². The Balaban J connectivity index is 1.79. The van der Waals surface area contributed by atoms with Gasteiger partial charge in [-0.15, -0.1) is 11.3 Å². The lowest BCUT2D eigenvalue weighted by Crippen LogP contribution is -2.18. The fourth-order valence-electron chi connectivity index (χ4n) is 2.36. The maximum absolute atomic E-state index is 4.74. The van der Waals surface area contributed by atoms with E-state index in [1.165, 1.54) is 5.56 Å². The Hall–Kier alpha value is -1.98. The highest BCUT2D eigenvalue weighted by atomic mass is 32.1. The molecule has 5 heteroatoms. The zero-order chi connectivity index (χ0) is 14.7. The quantitative estimate of drug-likeness (QED) is 0.787. The number of nitrogens with one attached hydrogen (secondary N) is 1. The topological polar surface area (TPSA) is 42.7 Å². The van der Waals surface area contributed by atoms with Crippen molar-refractivity contribution in [2.75, 3.05) is 7.05 Å². The number of thiazole rings is 1. The average molecular weight is 298 g/mol. The molecule has 0 aliphatic carbocycles. The summed E-state index contributed by atoms with van der Waals surface area (Å²) in [4.78, 5) is 8.89. The van der Waals surface area contributed by atoms with Gasteiger partial charge in [0.15, 0.2) is 0 Å². The monoisotopic (exact) mass is 298 g/mol. The van der Waals surface area contributed by atoms with Crippen molar-refractivity contribution in [1.29, 1.82) is 0 Å². The summed E-state index contributed by atoms with van der Waals surface area (Å²) in [7, 11) is 3.98. The highest BCUT2D eigenvalue weighted by Crippen LogP contribution is 2.25. The van der Waals surface area contributed by atoms with E-state index in [4.69, 9.17) is 4.98 Å². The average Bonchev–Trinajstić information content (AvgIpc) is 3.14. The first-order valence-electron chi connectivity index (χ1n) is 6.91. The molecule has 3 rings (SSSR count). The Bertz CT molecular complexity index is 702. The summed E-state index contributed by atoms with van der Waals surface area (Å²) in [6, 6.07) is 10.8. The molecule has 0 bridgehead atoms. The molecule has 0 spiro atoms. The highest BCUT2D eigenvalue weighted by Gasteiger charge is 2.13. The second-order valence-electron chi connectivity index (χ2n) is 4.99. The van der Waals surface area contributed by atoms with E-state index in [0.29, 0.717) is 0 Å².